The molecule has 1 aliphatic rings. The molecule has 1 aromatic carbocycles. The van der Waals surface area contributed by atoms with E-state index in [-0.39, 0.29) is 0 Å². The summed E-state index contributed by atoms with van der Waals surface area (Å²) in [6.45, 7) is 6.21. The molecule has 2 rings (SSSR count). The van der Waals surface area contributed by atoms with Crippen molar-refractivity contribution in [2.45, 2.75) is 6.92 Å². The lowest BCUT2D eigenvalue weighted by molar-refractivity contribution is 0.0944. The lowest BCUT2D eigenvalue weighted by Crippen LogP contribution is -2.49. The second-order valence-electron chi connectivity index (χ2n) is 4.53. The van der Waals surface area contributed by atoms with Gasteiger partial charge in [-0.1, -0.05) is 6.07 Å². The molecule has 1 aliphatic heterocycles. The maximum absolute atomic E-state index is 8.95. The summed E-state index contributed by atoms with van der Waals surface area (Å²) in [4.78, 5) is 4.45. The lowest BCUT2D eigenvalue weighted by atomic mass is 10.1. The number of aryl methyl sites for hydroxylation is 1. The molecule has 0 aliphatic carbocycles. The van der Waals surface area contributed by atoms with Gasteiger partial charge in [-0.2, -0.15) is 10.7 Å². The highest BCUT2D eigenvalue weighted by atomic mass is 16.5. The number of anilines is 1. The molecule has 5 heteroatoms. The van der Waals surface area contributed by atoms with E-state index >= 15 is 0 Å². The molecule has 18 heavy (non-hydrogen) atoms. The van der Waals surface area contributed by atoms with Gasteiger partial charge in [0.25, 0.3) is 0 Å². The largest absolute Gasteiger partial charge is 0.369 e. The third-order valence-corrected chi connectivity index (χ3v) is 3.35. The zero-order valence-electron chi connectivity index (χ0n) is 10.6. The third kappa shape index (κ3) is 2.79. The molecule has 0 aromatic heterocycles. The maximum atomic E-state index is 8.95. The van der Waals surface area contributed by atoms with Crippen molar-refractivity contribution < 1.29 is 5.21 Å². The molecule has 0 spiro atoms. The van der Waals surface area contributed by atoms with Crippen molar-refractivity contribution in [1.29, 1.82) is 5.26 Å². The van der Waals surface area contributed by atoms with Crippen molar-refractivity contribution >= 4 is 5.69 Å². The first-order valence-corrected chi connectivity index (χ1v) is 6.09. The Morgan fingerprint density at radius 1 is 1.33 bits per heavy atom. The fourth-order valence-electron chi connectivity index (χ4n) is 2.27. The summed E-state index contributed by atoms with van der Waals surface area (Å²) in [5.74, 6) is 0. The molecule has 1 heterocycles. The van der Waals surface area contributed by atoms with Gasteiger partial charge in [0.2, 0.25) is 0 Å². The molecule has 96 valence electrons. The van der Waals surface area contributed by atoms with Crippen LogP contribution in [0, 0.1) is 18.3 Å². The Morgan fingerprint density at radius 2 is 2.06 bits per heavy atom. The van der Waals surface area contributed by atoms with Crippen LogP contribution in [-0.4, -0.2) is 43.0 Å². The second-order valence-corrected chi connectivity index (χ2v) is 4.53. The van der Waals surface area contributed by atoms with Gasteiger partial charge < -0.3 is 10.1 Å². The zero-order chi connectivity index (χ0) is 13.0. The summed E-state index contributed by atoms with van der Waals surface area (Å²) in [5.41, 5.74) is 5.23. The Morgan fingerprint density at radius 3 is 2.67 bits per heavy atom. The molecule has 1 aromatic rings. The summed E-state index contributed by atoms with van der Waals surface area (Å²) in [6.07, 6.45) is 0. The van der Waals surface area contributed by atoms with Crippen molar-refractivity contribution in [3.63, 3.8) is 0 Å². The van der Waals surface area contributed by atoms with E-state index in [1.807, 2.05) is 18.2 Å². The summed E-state index contributed by atoms with van der Waals surface area (Å²) < 4.78 is 0. The van der Waals surface area contributed by atoms with Gasteiger partial charge in [0.05, 0.1) is 18.3 Å². The normalized spacial score (nSPS) is 16.6. The van der Waals surface area contributed by atoms with Crippen LogP contribution >= 0.6 is 0 Å². The Bertz CT molecular complexity index is 447. The molecular formula is C13H18N4O. The minimum atomic E-state index is 0.505. The first kappa shape index (κ1) is 12.8. The number of hydrogen-bond acceptors (Lipinski definition) is 5. The molecule has 0 radical (unpaired) electrons. The quantitative estimate of drug-likeness (QED) is 0.777. The Hall–Kier alpha value is -1.61. The van der Waals surface area contributed by atoms with E-state index < -0.39 is 0 Å². The van der Waals surface area contributed by atoms with Crippen LogP contribution in [0.5, 0.6) is 0 Å². The first-order valence-electron chi connectivity index (χ1n) is 6.09. The van der Waals surface area contributed by atoms with E-state index in [4.69, 9.17) is 10.5 Å². The van der Waals surface area contributed by atoms with E-state index in [9.17, 15) is 0 Å². The summed E-state index contributed by atoms with van der Waals surface area (Å²) in [7, 11) is 0. The molecule has 1 fully saturated rings. The summed E-state index contributed by atoms with van der Waals surface area (Å²) in [6, 6.07) is 7.98. The fraction of sp³-hybridized carbons (Fsp3) is 0.462. The van der Waals surface area contributed by atoms with Crippen LogP contribution in [0.2, 0.25) is 0 Å². The van der Waals surface area contributed by atoms with Gasteiger partial charge in [0, 0.05) is 31.9 Å². The number of nitrogens with zero attached hydrogens (tertiary/aromatic N) is 3. The molecule has 0 saturated carbocycles. The number of piperazine rings is 1. The third-order valence-electron chi connectivity index (χ3n) is 3.35. The molecular weight excluding hydrogens is 228 g/mol. The number of nitriles is 1. The van der Waals surface area contributed by atoms with E-state index in [2.05, 4.69) is 28.3 Å². The smallest absolute Gasteiger partial charge is 0.0992 e. The van der Waals surface area contributed by atoms with Gasteiger partial charge in [-0.3, -0.25) is 4.90 Å². The molecule has 1 saturated heterocycles. The van der Waals surface area contributed by atoms with Crippen molar-refractivity contribution in [3.8, 4) is 6.07 Å². The van der Waals surface area contributed by atoms with E-state index in [1.165, 1.54) is 5.56 Å². The van der Waals surface area contributed by atoms with Crippen LogP contribution < -0.4 is 10.4 Å². The van der Waals surface area contributed by atoms with Gasteiger partial charge in [-0.05, 0) is 24.6 Å². The van der Waals surface area contributed by atoms with Crippen LogP contribution in [-0.2, 0) is 0 Å². The van der Waals surface area contributed by atoms with E-state index in [1.54, 1.807) is 0 Å². The predicted molar refractivity (Wildman–Crippen MR) is 69.5 cm³/mol. The number of benzene rings is 1. The highest BCUT2D eigenvalue weighted by molar-refractivity contribution is 5.57. The highest BCUT2D eigenvalue weighted by Gasteiger charge is 2.18. The van der Waals surface area contributed by atoms with Crippen molar-refractivity contribution in [3.05, 3.63) is 29.3 Å². The Balaban J connectivity index is 2.07. The van der Waals surface area contributed by atoms with Crippen LogP contribution in [0.1, 0.15) is 11.1 Å². The van der Waals surface area contributed by atoms with E-state index in [0.717, 1.165) is 31.9 Å². The van der Waals surface area contributed by atoms with Crippen LogP contribution in [0.15, 0.2) is 18.2 Å². The van der Waals surface area contributed by atoms with Gasteiger partial charge in [0.1, 0.15) is 0 Å². The summed E-state index contributed by atoms with van der Waals surface area (Å²) >= 11 is 0. The van der Waals surface area contributed by atoms with Crippen LogP contribution in [0.25, 0.3) is 0 Å². The van der Waals surface area contributed by atoms with Gasteiger partial charge in [0.15, 0.2) is 0 Å². The highest BCUT2D eigenvalue weighted by Crippen LogP contribution is 2.22. The van der Waals surface area contributed by atoms with Gasteiger partial charge in [-0.25, -0.2) is 0 Å². The van der Waals surface area contributed by atoms with Crippen LogP contribution in [0.4, 0.5) is 5.69 Å². The fourth-order valence-corrected chi connectivity index (χ4v) is 2.27. The minimum absolute atomic E-state index is 0.505. The maximum Gasteiger partial charge on any atom is 0.0992 e. The second kappa shape index (κ2) is 5.83. The Kier molecular flexibility index (Phi) is 4.15. The minimum Gasteiger partial charge on any atom is -0.369 e. The molecule has 2 N–H and O–H groups in total. The average Bonchev–Trinajstić information content (AvgIpc) is 2.41. The average molecular weight is 246 g/mol. The van der Waals surface area contributed by atoms with Crippen molar-refractivity contribution in [2.24, 2.45) is 0 Å². The lowest BCUT2D eigenvalue weighted by Gasteiger charge is -2.36. The number of hydrogen-bond donors (Lipinski definition) is 2. The Labute approximate surface area is 107 Å². The topological polar surface area (TPSA) is 62.5 Å². The number of hydroxylamine groups is 1. The molecule has 0 amide bonds. The van der Waals surface area contributed by atoms with Crippen LogP contribution in [0.3, 0.4) is 0 Å². The van der Waals surface area contributed by atoms with Crippen molar-refractivity contribution in [1.82, 2.24) is 10.4 Å². The van der Waals surface area contributed by atoms with Gasteiger partial charge in [-0.15, -0.1) is 0 Å². The standard InChI is InChI=1S/C13H18N4O/c1-11-2-3-12(9-14)8-13(11)17-6-4-16(5-7-17)10-15-18/h2-3,8,15,18H,4-7,10H2,1H3. The summed E-state index contributed by atoms with van der Waals surface area (Å²) in [5, 5.41) is 17.6. The predicted octanol–water partition coefficient (Wildman–Crippen LogP) is 0.925. The van der Waals surface area contributed by atoms with Gasteiger partial charge >= 0.3 is 0 Å². The molecule has 0 bridgehead atoms. The molecule has 5 nitrogen and oxygen atoms in total. The first-order chi connectivity index (χ1) is 8.74. The SMILES string of the molecule is Cc1ccc(C#N)cc1N1CCN(CNO)CC1. The molecule has 0 atom stereocenters. The monoisotopic (exact) mass is 246 g/mol. The zero-order valence-corrected chi connectivity index (χ0v) is 10.6. The van der Waals surface area contributed by atoms with Crippen molar-refractivity contribution in [2.75, 3.05) is 37.7 Å². The van der Waals surface area contributed by atoms with E-state index in [0.29, 0.717) is 12.2 Å². The molecule has 0 unspecified atom stereocenters. The number of nitrogens with one attached hydrogen (secondary N) is 1. The number of rotatable bonds is 3.